The van der Waals surface area contributed by atoms with Crippen LogP contribution in [0.3, 0.4) is 0 Å². The Morgan fingerprint density at radius 1 is 1.11 bits per heavy atom. The van der Waals surface area contributed by atoms with Gasteiger partial charge in [-0.2, -0.15) is 5.26 Å². The smallest absolute Gasteiger partial charge is 0.261 e. The Labute approximate surface area is 125 Å². The quantitative estimate of drug-likeness (QED) is 0.828. The number of anilines is 1. The largest absolute Gasteiger partial charge is 0.279 e. The van der Waals surface area contributed by atoms with Gasteiger partial charge in [-0.15, -0.1) is 0 Å². The number of benzene rings is 2. The maximum atomic E-state index is 12.2. The Hall–Kier alpha value is -1.59. The third-order valence-electron chi connectivity index (χ3n) is 2.39. The average Bonchev–Trinajstić information content (AvgIpc) is 2.42. The van der Waals surface area contributed by atoms with E-state index in [9.17, 15) is 8.42 Å². The zero-order valence-corrected chi connectivity index (χ0v) is 12.6. The molecule has 0 heterocycles. The Morgan fingerprint density at radius 2 is 1.79 bits per heavy atom. The minimum absolute atomic E-state index is 0.188. The molecule has 0 radical (unpaired) electrons. The molecular weight excluding hydrogens is 375 g/mol. The molecule has 0 aromatic heterocycles. The molecule has 2 aromatic rings. The van der Waals surface area contributed by atoms with Gasteiger partial charge in [-0.25, -0.2) is 8.42 Å². The number of nitrogens with zero attached hydrogens (tertiary/aromatic N) is 1. The molecule has 2 aromatic carbocycles. The first kappa shape index (κ1) is 13.8. The molecule has 0 amide bonds. The third kappa shape index (κ3) is 3.24. The molecule has 0 bridgehead atoms. The van der Waals surface area contributed by atoms with Crippen LogP contribution >= 0.6 is 22.6 Å². The van der Waals surface area contributed by atoms with Gasteiger partial charge in [0, 0.05) is 3.57 Å². The van der Waals surface area contributed by atoms with E-state index < -0.39 is 10.0 Å². The second kappa shape index (κ2) is 5.59. The van der Waals surface area contributed by atoms with E-state index in [1.165, 1.54) is 18.2 Å². The summed E-state index contributed by atoms with van der Waals surface area (Å²) in [7, 11) is -3.63. The van der Waals surface area contributed by atoms with E-state index in [4.69, 9.17) is 5.26 Å². The molecule has 0 atom stereocenters. The fourth-order valence-corrected chi connectivity index (χ4v) is 3.22. The standard InChI is InChI=1S/C13H9IN2O2S/c14-12-7-6-10(9-15)8-13(12)16-19(17,18)11-4-2-1-3-5-11/h1-8,16H. The molecule has 1 N–H and O–H groups in total. The maximum absolute atomic E-state index is 12.2. The van der Waals surface area contributed by atoms with Crippen LogP contribution in [0.2, 0.25) is 0 Å². The van der Waals surface area contributed by atoms with E-state index in [-0.39, 0.29) is 4.90 Å². The predicted octanol–water partition coefficient (Wildman–Crippen LogP) is 2.96. The molecule has 96 valence electrons. The summed E-state index contributed by atoms with van der Waals surface area (Å²) in [6.45, 7) is 0. The van der Waals surface area contributed by atoms with Gasteiger partial charge in [-0.3, -0.25) is 4.72 Å². The van der Waals surface area contributed by atoms with Crippen LogP contribution in [0.4, 0.5) is 5.69 Å². The SMILES string of the molecule is N#Cc1ccc(I)c(NS(=O)(=O)c2ccccc2)c1. The number of halogens is 1. The lowest BCUT2D eigenvalue weighted by Gasteiger charge is -2.09. The zero-order chi connectivity index (χ0) is 13.9. The molecular formula is C13H9IN2O2S. The Kier molecular flexibility index (Phi) is 4.07. The first-order valence-corrected chi connectivity index (χ1v) is 7.86. The summed E-state index contributed by atoms with van der Waals surface area (Å²) >= 11 is 2.02. The van der Waals surface area contributed by atoms with Crippen molar-refractivity contribution in [3.63, 3.8) is 0 Å². The third-order valence-corrected chi connectivity index (χ3v) is 4.72. The highest BCUT2D eigenvalue weighted by molar-refractivity contribution is 14.1. The fraction of sp³-hybridized carbons (Fsp3) is 0. The summed E-state index contributed by atoms with van der Waals surface area (Å²) < 4.78 is 27.5. The lowest BCUT2D eigenvalue weighted by atomic mass is 10.2. The number of nitrogens with one attached hydrogen (secondary N) is 1. The fourth-order valence-electron chi connectivity index (χ4n) is 1.48. The second-order valence-corrected chi connectivity index (χ2v) is 6.57. The van der Waals surface area contributed by atoms with Crippen molar-refractivity contribution in [1.82, 2.24) is 0 Å². The summed E-state index contributed by atoms with van der Waals surface area (Å²) in [5.74, 6) is 0. The predicted molar refractivity (Wildman–Crippen MR) is 81.1 cm³/mol. The number of sulfonamides is 1. The number of rotatable bonds is 3. The molecule has 0 aliphatic carbocycles. The summed E-state index contributed by atoms with van der Waals surface area (Å²) in [6.07, 6.45) is 0. The van der Waals surface area contributed by atoms with Crippen molar-refractivity contribution in [1.29, 1.82) is 5.26 Å². The van der Waals surface area contributed by atoms with Crippen LogP contribution in [-0.2, 0) is 10.0 Å². The molecule has 19 heavy (non-hydrogen) atoms. The van der Waals surface area contributed by atoms with Crippen LogP contribution in [0.1, 0.15) is 5.56 Å². The van der Waals surface area contributed by atoms with Crippen LogP contribution in [0, 0.1) is 14.9 Å². The van der Waals surface area contributed by atoms with Crippen molar-refractivity contribution in [3.8, 4) is 6.07 Å². The number of hydrogen-bond acceptors (Lipinski definition) is 3. The maximum Gasteiger partial charge on any atom is 0.261 e. The minimum Gasteiger partial charge on any atom is -0.279 e. The van der Waals surface area contributed by atoms with Crippen LogP contribution in [-0.4, -0.2) is 8.42 Å². The average molecular weight is 384 g/mol. The topological polar surface area (TPSA) is 70.0 Å². The molecule has 4 nitrogen and oxygen atoms in total. The van der Waals surface area contributed by atoms with Crippen LogP contribution in [0.25, 0.3) is 0 Å². The molecule has 0 aliphatic heterocycles. The molecule has 6 heteroatoms. The first-order valence-electron chi connectivity index (χ1n) is 5.30. The van der Waals surface area contributed by atoms with Gasteiger partial charge in [0.1, 0.15) is 0 Å². The highest BCUT2D eigenvalue weighted by Crippen LogP contribution is 2.22. The molecule has 0 fully saturated rings. The molecule has 2 rings (SSSR count). The molecule has 0 aliphatic rings. The monoisotopic (exact) mass is 384 g/mol. The van der Waals surface area contributed by atoms with Gasteiger partial charge in [0.25, 0.3) is 10.0 Å². The van der Waals surface area contributed by atoms with E-state index in [1.807, 2.05) is 28.7 Å². The first-order chi connectivity index (χ1) is 9.03. The van der Waals surface area contributed by atoms with Crippen molar-refractivity contribution >= 4 is 38.3 Å². The summed E-state index contributed by atoms with van der Waals surface area (Å²) in [6, 6.07) is 14.9. The van der Waals surface area contributed by atoms with Gasteiger partial charge in [0.15, 0.2) is 0 Å². The van der Waals surface area contributed by atoms with Gasteiger partial charge < -0.3 is 0 Å². The summed E-state index contributed by atoms with van der Waals surface area (Å²) in [4.78, 5) is 0.188. The van der Waals surface area contributed by atoms with Crippen LogP contribution in [0.5, 0.6) is 0 Å². The van der Waals surface area contributed by atoms with Gasteiger partial charge >= 0.3 is 0 Å². The summed E-state index contributed by atoms with van der Waals surface area (Å²) in [5.41, 5.74) is 0.815. The normalized spacial score (nSPS) is 10.7. The minimum atomic E-state index is -3.63. The van der Waals surface area contributed by atoms with Crippen molar-refractivity contribution in [2.24, 2.45) is 0 Å². The van der Waals surface area contributed by atoms with Gasteiger partial charge in [0.05, 0.1) is 22.2 Å². The lowest BCUT2D eigenvalue weighted by molar-refractivity contribution is 0.601. The van der Waals surface area contributed by atoms with Gasteiger partial charge in [-0.1, -0.05) is 18.2 Å². The number of nitriles is 1. The van der Waals surface area contributed by atoms with Gasteiger partial charge in [0.2, 0.25) is 0 Å². The van der Waals surface area contributed by atoms with E-state index >= 15 is 0 Å². The zero-order valence-electron chi connectivity index (χ0n) is 9.67. The van der Waals surface area contributed by atoms with E-state index in [1.54, 1.807) is 30.3 Å². The highest BCUT2D eigenvalue weighted by atomic mass is 127. The van der Waals surface area contributed by atoms with Crippen molar-refractivity contribution in [3.05, 3.63) is 57.7 Å². The van der Waals surface area contributed by atoms with Crippen LogP contribution < -0.4 is 4.72 Å². The van der Waals surface area contributed by atoms with Crippen LogP contribution in [0.15, 0.2) is 53.4 Å². The van der Waals surface area contributed by atoms with Crippen molar-refractivity contribution in [2.45, 2.75) is 4.90 Å². The van der Waals surface area contributed by atoms with E-state index in [0.717, 1.165) is 3.57 Å². The lowest BCUT2D eigenvalue weighted by Crippen LogP contribution is -2.13. The summed E-state index contributed by atoms with van der Waals surface area (Å²) in [5, 5.41) is 8.84. The Balaban J connectivity index is 2.39. The van der Waals surface area contributed by atoms with E-state index in [0.29, 0.717) is 11.3 Å². The molecule has 0 spiro atoms. The van der Waals surface area contributed by atoms with Crippen molar-refractivity contribution in [2.75, 3.05) is 4.72 Å². The highest BCUT2D eigenvalue weighted by Gasteiger charge is 2.15. The van der Waals surface area contributed by atoms with E-state index in [2.05, 4.69) is 4.72 Å². The Morgan fingerprint density at radius 3 is 2.42 bits per heavy atom. The molecule has 0 saturated carbocycles. The second-order valence-electron chi connectivity index (χ2n) is 3.72. The number of hydrogen-bond donors (Lipinski definition) is 1. The van der Waals surface area contributed by atoms with Gasteiger partial charge in [-0.05, 0) is 52.9 Å². The molecule has 0 unspecified atom stereocenters. The molecule has 0 saturated heterocycles. The van der Waals surface area contributed by atoms with Crippen molar-refractivity contribution < 1.29 is 8.42 Å². The Bertz CT molecular complexity index is 737.